The summed E-state index contributed by atoms with van der Waals surface area (Å²) in [6.45, 7) is 5.42. The van der Waals surface area contributed by atoms with Gasteiger partial charge in [-0.1, -0.05) is 13.0 Å². The van der Waals surface area contributed by atoms with E-state index in [1.165, 1.54) is 5.56 Å². The van der Waals surface area contributed by atoms with Gasteiger partial charge in [-0.25, -0.2) is 0 Å². The topological polar surface area (TPSA) is 30.5 Å². The summed E-state index contributed by atoms with van der Waals surface area (Å²) in [6, 6.07) is 6.14. The van der Waals surface area contributed by atoms with Gasteiger partial charge in [0.05, 0.1) is 0 Å². The van der Waals surface area contributed by atoms with Crippen LogP contribution >= 0.6 is 11.8 Å². The Morgan fingerprint density at radius 2 is 2.06 bits per heavy atom. The monoisotopic (exact) mass is 253 g/mol. The van der Waals surface area contributed by atoms with Crippen molar-refractivity contribution in [3.05, 3.63) is 23.8 Å². The van der Waals surface area contributed by atoms with E-state index in [-0.39, 0.29) is 0 Å². The highest BCUT2D eigenvalue weighted by Gasteiger charge is 2.11. The van der Waals surface area contributed by atoms with Crippen molar-refractivity contribution in [3.8, 4) is 11.5 Å². The van der Waals surface area contributed by atoms with Gasteiger partial charge in [0.2, 0.25) is 0 Å². The summed E-state index contributed by atoms with van der Waals surface area (Å²) in [5, 5.41) is 4.09. The van der Waals surface area contributed by atoms with Gasteiger partial charge in [-0.2, -0.15) is 11.8 Å². The highest BCUT2D eigenvalue weighted by Crippen LogP contribution is 2.30. The summed E-state index contributed by atoms with van der Waals surface area (Å²) >= 11 is 1.88. The number of thioether (sulfide) groups is 1. The Kier molecular flexibility index (Phi) is 4.57. The van der Waals surface area contributed by atoms with Gasteiger partial charge in [0, 0.05) is 18.3 Å². The van der Waals surface area contributed by atoms with E-state index in [4.69, 9.17) is 9.47 Å². The van der Waals surface area contributed by atoms with E-state index >= 15 is 0 Å². The highest BCUT2D eigenvalue weighted by atomic mass is 32.2. The van der Waals surface area contributed by atoms with Gasteiger partial charge < -0.3 is 14.8 Å². The van der Waals surface area contributed by atoms with Gasteiger partial charge in [-0.15, -0.1) is 0 Å². The molecule has 0 saturated heterocycles. The van der Waals surface area contributed by atoms with Crippen LogP contribution < -0.4 is 14.8 Å². The Bertz CT molecular complexity index is 370. The van der Waals surface area contributed by atoms with E-state index in [2.05, 4.69) is 30.6 Å². The summed E-state index contributed by atoms with van der Waals surface area (Å²) in [7, 11) is 0. The fraction of sp³-hybridized carbons (Fsp3) is 0.538. The first-order valence-corrected chi connectivity index (χ1v) is 7.20. The summed E-state index contributed by atoms with van der Waals surface area (Å²) in [5.41, 5.74) is 1.24. The van der Waals surface area contributed by atoms with Crippen molar-refractivity contribution in [2.75, 3.05) is 26.0 Å². The lowest BCUT2D eigenvalue weighted by Gasteiger charge is -2.19. The number of hydrogen-bond acceptors (Lipinski definition) is 4. The van der Waals surface area contributed by atoms with Crippen molar-refractivity contribution in [1.82, 2.24) is 5.32 Å². The van der Waals surface area contributed by atoms with Gasteiger partial charge in [-0.3, -0.25) is 0 Å². The molecule has 0 spiro atoms. The zero-order chi connectivity index (χ0) is 12.1. The third-order valence-corrected chi connectivity index (χ3v) is 3.74. The zero-order valence-corrected chi connectivity index (χ0v) is 11.2. The maximum atomic E-state index is 5.56. The third kappa shape index (κ3) is 3.54. The molecule has 1 unspecified atom stereocenters. The Morgan fingerprint density at radius 3 is 2.82 bits per heavy atom. The van der Waals surface area contributed by atoms with Crippen molar-refractivity contribution in [2.24, 2.45) is 0 Å². The molecule has 3 nitrogen and oxygen atoms in total. The average Bonchev–Trinajstić information content (AvgIpc) is 2.38. The molecular weight excluding hydrogens is 234 g/mol. The fourth-order valence-electron chi connectivity index (χ4n) is 1.70. The lowest BCUT2D eigenvalue weighted by molar-refractivity contribution is 0.171. The smallest absolute Gasteiger partial charge is 0.161 e. The number of fused-ring (bicyclic) bond motifs is 1. The molecule has 0 aromatic heterocycles. The van der Waals surface area contributed by atoms with Crippen LogP contribution in [0.3, 0.4) is 0 Å². The normalized spacial score (nSPS) is 15.6. The van der Waals surface area contributed by atoms with Gasteiger partial charge in [-0.05, 0) is 24.0 Å². The van der Waals surface area contributed by atoms with Crippen molar-refractivity contribution in [2.45, 2.75) is 18.7 Å². The lowest BCUT2D eigenvalue weighted by Crippen LogP contribution is -2.22. The van der Waals surface area contributed by atoms with Crippen LogP contribution in [0.1, 0.15) is 12.5 Å². The molecule has 94 valence electrons. The minimum Gasteiger partial charge on any atom is -0.486 e. The standard InChI is InChI=1S/C13H19NO2S/c1-10(17-2)8-14-9-11-3-4-12-13(7-11)16-6-5-15-12/h3-4,7,10,14H,5-6,8-9H2,1-2H3. The van der Waals surface area contributed by atoms with Gasteiger partial charge in [0.1, 0.15) is 13.2 Å². The lowest BCUT2D eigenvalue weighted by atomic mass is 10.2. The van der Waals surface area contributed by atoms with E-state index in [9.17, 15) is 0 Å². The molecule has 0 bridgehead atoms. The summed E-state index contributed by atoms with van der Waals surface area (Å²) in [5.74, 6) is 1.73. The van der Waals surface area contributed by atoms with Crippen molar-refractivity contribution < 1.29 is 9.47 Å². The quantitative estimate of drug-likeness (QED) is 0.872. The summed E-state index contributed by atoms with van der Waals surface area (Å²) in [6.07, 6.45) is 2.14. The molecule has 17 heavy (non-hydrogen) atoms. The maximum Gasteiger partial charge on any atom is 0.161 e. The second kappa shape index (κ2) is 6.17. The second-order valence-electron chi connectivity index (χ2n) is 4.16. The molecule has 1 aromatic carbocycles. The molecule has 1 aromatic rings. The van der Waals surface area contributed by atoms with Crippen LogP contribution in [-0.2, 0) is 6.54 Å². The molecule has 1 aliphatic heterocycles. The van der Waals surface area contributed by atoms with Gasteiger partial charge in [0.25, 0.3) is 0 Å². The number of rotatable bonds is 5. The molecular formula is C13H19NO2S. The number of ether oxygens (including phenoxy) is 2. The van der Waals surface area contributed by atoms with Gasteiger partial charge >= 0.3 is 0 Å². The molecule has 1 heterocycles. The average molecular weight is 253 g/mol. The van der Waals surface area contributed by atoms with E-state index in [1.54, 1.807) is 0 Å². The van der Waals surface area contributed by atoms with Gasteiger partial charge in [0.15, 0.2) is 11.5 Å². The second-order valence-corrected chi connectivity index (χ2v) is 5.43. The van der Waals surface area contributed by atoms with Crippen molar-refractivity contribution >= 4 is 11.8 Å². The number of benzene rings is 1. The van der Waals surface area contributed by atoms with Crippen LogP contribution in [0.2, 0.25) is 0 Å². The first-order chi connectivity index (χ1) is 8.29. The first kappa shape index (κ1) is 12.6. The number of hydrogen-bond donors (Lipinski definition) is 1. The SMILES string of the molecule is CSC(C)CNCc1ccc2c(c1)OCCO2. The molecule has 0 radical (unpaired) electrons. The predicted molar refractivity (Wildman–Crippen MR) is 72.1 cm³/mol. The molecule has 1 aliphatic rings. The van der Waals surface area contributed by atoms with Crippen molar-refractivity contribution in [3.63, 3.8) is 0 Å². The minimum atomic E-state index is 0.646. The zero-order valence-electron chi connectivity index (χ0n) is 10.4. The van der Waals surface area contributed by atoms with Crippen LogP contribution in [0.5, 0.6) is 11.5 Å². The molecule has 1 atom stereocenters. The first-order valence-electron chi connectivity index (χ1n) is 5.91. The summed E-state index contributed by atoms with van der Waals surface area (Å²) in [4.78, 5) is 0. The Labute approximate surface area is 107 Å². The molecule has 0 saturated carbocycles. The fourth-order valence-corrected chi connectivity index (χ4v) is 1.99. The van der Waals surface area contributed by atoms with E-state index in [1.807, 2.05) is 17.8 Å². The highest BCUT2D eigenvalue weighted by molar-refractivity contribution is 7.99. The van der Waals surface area contributed by atoms with Crippen LogP contribution in [0.25, 0.3) is 0 Å². The van der Waals surface area contributed by atoms with Crippen molar-refractivity contribution in [1.29, 1.82) is 0 Å². The van der Waals surface area contributed by atoms with Crippen LogP contribution in [0.15, 0.2) is 18.2 Å². The van der Waals surface area contributed by atoms with E-state index in [0.717, 1.165) is 24.6 Å². The maximum absolute atomic E-state index is 5.56. The molecule has 0 fully saturated rings. The predicted octanol–water partition coefficient (Wildman–Crippen LogP) is 2.30. The number of nitrogens with one attached hydrogen (secondary N) is 1. The summed E-state index contributed by atoms with van der Waals surface area (Å²) < 4.78 is 11.0. The Balaban J connectivity index is 1.89. The van der Waals surface area contributed by atoms with Crippen LogP contribution in [-0.4, -0.2) is 31.3 Å². The van der Waals surface area contributed by atoms with Crippen LogP contribution in [0, 0.1) is 0 Å². The third-order valence-electron chi connectivity index (χ3n) is 2.77. The minimum absolute atomic E-state index is 0.646. The molecule has 4 heteroatoms. The Morgan fingerprint density at radius 1 is 1.29 bits per heavy atom. The molecule has 0 amide bonds. The van der Waals surface area contributed by atoms with Crippen LogP contribution in [0.4, 0.5) is 0 Å². The van der Waals surface area contributed by atoms with E-state index < -0.39 is 0 Å². The molecule has 1 N–H and O–H groups in total. The Hall–Kier alpha value is -0.870. The molecule has 0 aliphatic carbocycles. The van der Waals surface area contributed by atoms with E-state index in [0.29, 0.717) is 18.5 Å². The molecule has 2 rings (SSSR count). The largest absolute Gasteiger partial charge is 0.486 e.